The van der Waals surface area contributed by atoms with Crippen LogP contribution in [0.3, 0.4) is 0 Å². The van der Waals surface area contributed by atoms with Gasteiger partial charge in [-0.15, -0.1) is 12.4 Å². The Hall–Kier alpha value is -2.93. The zero-order valence-electron chi connectivity index (χ0n) is 17.7. The normalized spacial score (nSPS) is 10.4. The number of hydrazone groups is 1. The fraction of sp³-hybridized carbons (Fsp3) is 0.364. The first-order valence-electron chi connectivity index (χ1n) is 9.53. The molecule has 30 heavy (non-hydrogen) atoms. The van der Waals surface area contributed by atoms with Crippen LogP contribution in [-0.2, 0) is 0 Å². The van der Waals surface area contributed by atoms with Gasteiger partial charge in [0.05, 0.1) is 26.5 Å². The number of unbranched alkanes of at least 4 members (excludes halogenated alkanes) is 2. The van der Waals surface area contributed by atoms with Crippen molar-refractivity contribution in [3.05, 3.63) is 53.6 Å². The molecule has 0 aliphatic rings. The minimum Gasteiger partial charge on any atom is -0.494 e. The molecule has 0 aliphatic heterocycles. The second kappa shape index (κ2) is 13.3. The quantitative estimate of drug-likeness (QED) is 0.251. The summed E-state index contributed by atoms with van der Waals surface area (Å²) in [5.74, 6) is 7.08. The number of carbonyl (C=O) groups excluding carboxylic acids is 1. The lowest BCUT2D eigenvalue weighted by Crippen LogP contribution is -2.21. The number of hydrogen-bond acceptors (Lipinski definition) is 6. The van der Waals surface area contributed by atoms with Crippen LogP contribution in [0.4, 0.5) is 0 Å². The number of halogens is 1. The fourth-order valence-electron chi connectivity index (χ4n) is 2.67. The third-order valence-electron chi connectivity index (χ3n) is 4.24. The third kappa shape index (κ3) is 7.83. The molecule has 0 saturated heterocycles. The van der Waals surface area contributed by atoms with Crippen LogP contribution in [0.1, 0.15) is 35.2 Å². The number of benzene rings is 2. The van der Waals surface area contributed by atoms with Gasteiger partial charge in [0.25, 0.3) is 5.91 Å². The topological polar surface area (TPSA) is 86.4 Å². The summed E-state index contributed by atoms with van der Waals surface area (Å²) in [7, 11) is 5.00. The van der Waals surface area contributed by atoms with E-state index >= 15 is 0 Å². The van der Waals surface area contributed by atoms with Gasteiger partial charge in [-0.2, -0.15) is 5.10 Å². The Morgan fingerprint density at radius 2 is 1.67 bits per heavy atom. The summed E-state index contributed by atoms with van der Waals surface area (Å²) in [4.78, 5) is 13.6. The number of carbonyl (C=O) groups is 1. The molecule has 7 nitrogen and oxygen atoms in total. The van der Waals surface area contributed by atoms with Crippen LogP contribution in [-0.4, -0.2) is 51.4 Å². The van der Waals surface area contributed by atoms with Crippen molar-refractivity contribution in [2.75, 3.05) is 34.4 Å². The van der Waals surface area contributed by atoms with E-state index < -0.39 is 0 Å². The van der Waals surface area contributed by atoms with Crippen molar-refractivity contribution in [2.45, 2.75) is 19.3 Å². The van der Waals surface area contributed by atoms with E-state index in [9.17, 15) is 4.79 Å². The van der Waals surface area contributed by atoms with Gasteiger partial charge in [0.15, 0.2) is 11.5 Å². The van der Waals surface area contributed by atoms with E-state index in [1.807, 2.05) is 24.3 Å². The molecule has 2 N–H and O–H groups in total. The number of nitrogens with zero attached hydrogens (tertiary/aromatic N) is 2. The Labute approximate surface area is 184 Å². The predicted molar refractivity (Wildman–Crippen MR) is 121 cm³/mol. The van der Waals surface area contributed by atoms with E-state index in [-0.39, 0.29) is 18.3 Å². The summed E-state index contributed by atoms with van der Waals surface area (Å²) in [6, 6.07) is 12.8. The van der Waals surface area contributed by atoms with Crippen molar-refractivity contribution in [3.8, 4) is 17.2 Å². The first-order chi connectivity index (χ1) is 14.0. The van der Waals surface area contributed by atoms with Gasteiger partial charge >= 0.3 is 0 Å². The molecule has 0 bridgehead atoms. The van der Waals surface area contributed by atoms with E-state index in [4.69, 9.17) is 20.1 Å². The number of nitrogens with two attached hydrogens (primary N) is 1. The van der Waals surface area contributed by atoms with Gasteiger partial charge in [0, 0.05) is 19.7 Å². The van der Waals surface area contributed by atoms with Crippen molar-refractivity contribution in [3.63, 3.8) is 0 Å². The van der Waals surface area contributed by atoms with Crippen LogP contribution in [0.2, 0.25) is 0 Å². The average Bonchev–Trinajstić information content (AvgIpc) is 2.73. The van der Waals surface area contributed by atoms with Crippen LogP contribution >= 0.6 is 12.4 Å². The lowest BCUT2D eigenvalue weighted by Gasteiger charge is -2.14. The highest BCUT2D eigenvalue weighted by atomic mass is 35.5. The zero-order chi connectivity index (χ0) is 21.1. The number of amides is 1. The molecule has 0 atom stereocenters. The summed E-state index contributed by atoms with van der Waals surface area (Å²) in [5, 5.41) is 3.49. The van der Waals surface area contributed by atoms with Crippen molar-refractivity contribution in [2.24, 2.45) is 10.9 Å². The predicted octanol–water partition coefficient (Wildman–Crippen LogP) is 3.74. The maximum absolute atomic E-state index is 12.0. The number of ether oxygens (including phenoxy) is 3. The van der Waals surface area contributed by atoms with Crippen LogP contribution < -0.4 is 20.1 Å². The fourth-order valence-corrected chi connectivity index (χ4v) is 2.67. The SMILES string of the molecule is COc1cc(C(=O)N(C)C)ccc1OCCCCCOc1ccc(C=NN)cc1.Cl. The molecular formula is C22H30ClN3O4. The van der Waals surface area contributed by atoms with Crippen molar-refractivity contribution >= 4 is 24.5 Å². The standard InChI is InChI=1S/C22H29N3O4.ClH/c1-25(2)22(26)18-9-12-20(21(15-18)27-3)29-14-6-4-5-13-28-19-10-7-17(8-11-19)16-24-23;/h7-12,15-16H,4-6,13-14,23H2,1-3H3;1H. The molecule has 0 saturated carbocycles. The molecule has 2 rings (SSSR count). The maximum Gasteiger partial charge on any atom is 0.253 e. The summed E-state index contributed by atoms with van der Waals surface area (Å²) in [6.45, 7) is 1.22. The van der Waals surface area contributed by atoms with E-state index in [0.717, 1.165) is 30.6 Å². The van der Waals surface area contributed by atoms with Crippen LogP contribution in [0.25, 0.3) is 0 Å². The van der Waals surface area contributed by atoms with Gasteiger partial charge in [0.1, 0.15) is 5.75 Å². The Bertz CT molecular complexity index is 811. The lowest BCUT2D eigenvalue weighted by atomic mass is 10.2. The van der Waals surface area contributed by atoms with Crippen LogP contribution in [0, 0.1) is 0 Å². The lowest BCUT2D eigenvalue weighted by molar-refractivity contribution is 0.0827. The van der Waals surface area contributed by atoms with Gasteiger partial charge in [0.2, 0.25) is 0 Å². The minimum atomic E-state index is -0.0722. The first kappa shape index (κ1) is 25.1. The zero-order valence-corrected chi connectivity index (χ0v) is 18.5. The first-order valence-corrected chi connectivity index (χ1v) is 9.53. The van der Waals surface area contributed by atoms with Crippen LogP contribution in [0.15, 0.2) is 47.6 Å². The van der Waals surface area contributed by atoms with Crippen LogP contribution in [0.5, 0.6) is 17.2 Å². The van der Waals surface area contributed by atoms with Gasteiger partial charge < -0.3 is 25.0 Å². The summed E-state index contributed by atoms with van der Waals surface area (Å²) >= 11 is 0. The maximum atomic E-state index is 12.0. The molecule has 164 valence electrons. The minimum absolute atomic E-state index is 0. The molecule has 0 radical (unpaired) electrons. The summed E-state index contributed by atoms with van der Waals surface area (Å²) in [5.41, 5.74) is 1.51. The Morgan fingerprint density at radius 1 is 1.00 bits per heavy atom. The molecule has 1 amide bonds. The highest BCUT2D eigenvalue weighted by molar-refractivity contribution is 5.94. The van der Waals surface area contributed by atoms with Gasteiger partial charge in [-0.25, -0.2) is 0 Å². The monoisotopic (exact) mass is 435 g/mol. The Balaban J connectivity index is 0.00000450. The summed E-state index contributed by atoms with van der Waals surface area (Å²) in [6.07, 6.45) is 4.41. The van der Waals surface area contributed by atoms with Crippen molar-refractivity contribution in [1.29, 1.82) is 0 Å². The molecular weight excluding hydrogens is 406 g/mol. The largest absolute Gasteiger partial charge is 0.494 e. The number of rotatable bonds is 11. The van der Waals surface area contributed by atoms with Gasteiger partial charge in [-0.1, -0.05) is 0 Å². The van der Waals surface area contributed by atoms with E-state index in [0.29, 0.717) is 30.3 Å². The molecule has 0 aliphatic carbocycles. The second-order valence-corrected chi connectivity index (χ2v) is 6.67. The molecule has 8 heteroatoms. The molecule has 0 unspecified atom stereocenters. The summed E-state index contributed by atoms with van der Waals surface area (Å²) < 4.78 is 16.9. The van der Waals surface area contributed by atoms with E-state index in [1.54, 1.807) is 45.6 Å². The van der Waals surface area contributed by atoms with Crippen molar-refractivity contribution < 1.29 is 19.0 Å². The average molecular weight is 436 g/mol. The smallest absolute Gasteiger partial charge is 0.253 e. The Kier molecular flexibility index (Phi) is 11.1. The highest BCUT2D eigenvalue weighted by Crippen LogP contribution is 2.28. The van der Waals surface area contributed by atoms with Gasteiger partial charge in [-0.05, 0) is 67.3 Å². The molecule has 0 aromatic heterocycles. The number of hydrogen-bond donors (Lipinski definition) is 1. The Morgan fingerprint density at radius 3 is 2.27 bits per heavy atom. The van der Waals surface area contributed by atoms with E-state index in [1.165, 1.54) is 4.90 Å². The number of methoxy groups -OCH3 is 1. The highest BCUT2D eigenvalue weighted by Gasteiger charge is 2.12. The van der Waals surface area contributed by atoms with Crippen molar-refractivity contribution in [1.82, 2.24) is 4.90 Å². The van der Waals surface area contributed by atoms with Gasteiger partial charge in [-0.3, -0.25) is 4.79 Å². The molecule has 0 heterocycles. The molecule has 0 fully saturated rings. The molecule has 0 spiro atoms. The van der Waals surface area contributed by atoms with E-state index in [2.05, 4.69) is 5.10 Å². The molecule has 2 aromatic rings. The third-order valence-corrected chi connectivity index (χ3v) is 4.24. The second-order valence-electron chi connectivity index (χ2n) is 6.67. The molecule has 2 aromatic carbocycles.